The Morgan fingerprint density at radius 1 is 0.708 bits per heavy atom. The van der Waals surface area contributed by atoms with Crippen LogP contribution in [0, 0.1) is 0 Å². The maximum atomic E-state index is 10.2. The molecule has 0 amide bonds. The first-order chi connectivity index (χ1) is 11.6. The van der Waals surface area contributed by atoms with Crippen LogP contribution in [-0.2, 0) is 0 Å². The molecule has 0 bridgehead atoms. The Morgan fingerprint density at radius 3 is 1.54 bits per heavy atom. The molecule has 0 aromatic heterocycles. The van der Waals surface area contributed by atoms with Crippen molar-refractivity contribution < 1.29 is 19.8 Å². The summed E-state index contributed by atoms with van der Waals surface area (Å²) in [4.78, 5) is 0. The van der Waals surface area contributed by atoms with Crippen LogP contribution in [0.15, 0.2) is 0 Å². The van der Waals surface area contributed by atoms with Gasteiger partial charge in [-0.25, -0.2) is 0 Å². The summed E-state index contributed by atoms with van der Waals surface area (Å²) < 4.78 is 0.548. The van der Waals surface area contributed by atoms with Crippen LogP contribution < -0.4 is 0 Å². The normalized spacial score (nSPS) is 13.4. The van der Waals surface area contributed by atoms with Crippen LogP contribution in [-0.4, -0.2) is 65.8 Å². The summed E-state index contributed by atoms with van der Waals surface area (Å²) in [7, 11) is 2.00. The molecular weight excluding hydrogens is 302 g/mol. The molecule has 1 unspecified atom stereocenters. The molecule has 146 valence electrons. The van der Waals surface area contributed by atoms with Crippen molar-refractivity contribution in [3.63, 3.8) is 0 Å². The Bertz CT molecular complexity index is 255. The van der Waals surface area contributed by atoms with Gasteiger partial charge in [-0.15, -0.1) is 0 Å². The van der Waals surface area contributed by atoms with E-state index in [1.165, 1.54) is 64.2 Å². The lowest BCUT2D eigenvalue weighted by atomic mass is 10.0. The number of hydrogen-bond donors (Lipinski definition) is 3. The first kappa shape index (κ1) is 23.8. The van der Waals surface area contributed by atoms with E-state index in [1.54, 1.807) is 0 Å². The third-order valence-corrected chi connectivity index (χ3v) is 5.07. The quantitative estimate of drug-likeness (QED) is 0.263. The molecule has 0 aliphatic rings. The van der Waals surface area contributed by atoms with Crippen LogP contribution in [0.4, 0.5) is 0 Å². The molecular formula is C20H44NO3+. The Balaban J connectivity index is 3.52. The molecule has 0 aliphatic heterocycles. The standard InChI is InChI=1S/C20H44NO3/c1-3-4-5-6-7-8-9-10-11-12-13-14-20(24)19-21(2,15-17-22)16-18-23/h20,22-24H,3-19H2,1-2H3/q+1. The lowest BCUT2D eigenvalue weighted by Crippen LogP contribution is -2.52. The van der Waals surface area contributed by atoms with Gasteiger partial charge in [0.2, 0.25) is 0 Å². The third kappa shape index (κ3) is 14.2. The van der Waals surface area contributed by atoms with Crippen molar-refractivity contribution >= 4 is 0 Å². The number of unbranched alkanes of at least 4 members (excludes halogenated alkanes) is 10. The number of likely N-dealkylation sites (N-methyl/N-ethyl adjacent to an activating group) is 1. The highest BCUT2D eigenvalue weighted by Gasteiger charge is 2.24. The van der Waals surface area contributed by atoms with Gasteiger partial charge < -0.3 is 19.8 Å². The second kappa shape index (κ2) is 16.3. The highest BCUT2D eigenvalue weighted by molar-refractivity contribution is 4.57. The highest BCUT2D eigenvalue weighted by atomic mass is 16.3. The molecule has 0 fully saturated rings. The lowest BCUT2D eigenvalue weighted by Gasteiger charge is -2.35. The van der Waals surface area contributed by atoms with Crippen LogP contribution in [0.25, 0.3) is 0 Å². The van der Waals surface area contributed by atoms with Gasteiger partial charge in [0.1, 0.15) is 25.7 Å². The highest BCUT2D eigenvalue weighted by Crippen LogP contribution is 2.14. The Labute approximate surface area is 150 Å². The predicted octanol–water partition coefficient (Wildman–Crippen LogP) is 3.48. The molecule has 0 saturated heterocycles. The van der Waals surface area contributed by atoms with E-state index in [4.69, 9.17) is 10.2 Å². The van der Waals surface area contributed by atoms with Gasteiger partial charge in [-0.1, -0.05) is 77.6 Å². The van der Waals surface area contributed by atoms with E-state index in [1.807, 2.05) is 7.05 Å². The van der Waals surface area contributed by atoms with Gasteiger partial charge in [0, 0.05) is 0 Å². The van der Waals surface area contributed by atoms with E-state index in [9.17, 15) is 5.11 Å². The van der Waals surface area contributed by atoms with Gasteiger partial charge in [0.25, 0.3) is 0 Å². The van der Waals surface area contributed by atoms with Crippen molar-refractivity contribution in [3.8, 4) is 0 Å². The summed E-state index contributed by atoms with van der Waals surface area (Å²) in [6.45, 7) is 4.27. The van der Waals surface area contributed by atoms with Crippen LogP contribution in [0.1, 0.15) is 84.0 Å². The SMILES string of the molecule is CCCCCCCCCCCCCC(O)C[N+](C)(CCO)CCO. The number of quaternary nitrogens is 1. The van der Waals surface area contributed by atoms with Gasteiger partial charge >= 0.3 is 0 Å². The van der Waals surface area contributed by atoms with Gasteiger partial charge in [-0.05, 0) is 6.42 Å². The molecule has 4 nitrogen and oxygen atoms in total. The second-order valence-electron chi connectivity index (χ2n) is 7.67. The smallest absolute Gasteiger partial charge is 0.105 e. The molecule has 4 heteroatoms. The summed E-state index contributed by atoms with van der Waals surface area (Å²) in [5.41, 5.74) is 0. The summed E-state index contributed by atoms with van der Waals surface area (Å²) in [5.74, 6) is 0. The van der Waals surface area contributed by atoms with Crippen molar-refractivity contribution in [2.45, 2.75) is 90.1 Å². The molecule has 1 atom stereocenters. The zero-order valence-electron chi connectivity index (χ0n) is 16.4. The third-order valence-electron chi connectivity index (χ3n) is 5.07. The average Bonchev–Trinajstić information content (AvgIpc) is 2.52. The zero-order valence-corrected chi connectivity index (χ0v) is 16.4. The van der Waals surface area contributed by atoms with Gasteiger partial charge in [0.15, 0.2) is 0 Å². The fraction of sp³-hybridized carbons (Fsp3) is 1.00. The first-order valence-electron chi connectivity index (χ1n) is 10.3. The van der Waals surface area contributed by atoms with E-state index in [-0.39, 0.29) is 19.3 Å². The first-order valence-corrected chi connectivity index (χ1v) is 10.3. The Morgan fingerprint density at radius 2 is 1.12 bits per heavy atom. The van der Waals surface area contributed by atoms with Crippen molar-refractivity contribution in [1.29, 1.82) is 0 Å². The lowest BCUT2D eigenvalue weighted by molar-refractivity contribution is -0.913. The summed E-state index contributed by atoms with van der Waals surface area (Å²) in [6.07, 6.45) is 15.0. The molecule has 0 saturated carbocycles. The maximum Gasteiger partial charge on any atom is 0.105 e. The van der Waals surface area contributed by atoms with Gasteiger partial charge in [-0.3, -0.25) is 0 Å². The number of nitrogens with zero attached hydrogens (tertiary/aromatic N) is 1. The topological polar surface area (TPSA) is 60.7 Å². The number of aliphatic hydroxyl groups excluding tert-OH is 3. The van der Waals surface area contributed by atoms with Gasteiger partial charge in [-0.2, -0.15) is 0 Å². The molecule has 0 aliphatic carbocycles. The summed E-state index contributed by atoms with van der Waals surface area (Å²) in [6, 6.07) is 0. The fourth-order valence-corrected chi connectivity index (χ4v) is 3.42. The minimum atomic E-state index is -0.327. The number of hydrogen-bond acceptors (Lipinski definition) is 3. The molecule has 0 aromatic rings. The molecule has 0 radical (unpaired) electrons. The largest absolute Gasteiger partial charge is 0.391 e. The van der Waals surface area contributed by atoms with Crippen molar-refractivity contribution in [1.82, 2.24) is 0 Å². The fourth-order valence-electron chi connectivity index (χ4n) is 3.42. The van der Waals surface area contributed by atoms with Crippen molar-refractivity contribution in [2.24, 2.45) is 0 Å². The van der Waals surface area contributed by atoms with Crippen LogP contribution in [0.3, 0.4) is 0 Å². The monoisotopic (exact) mass is 346 g/mol. The van der Waals surface area contributed by atoms with Crippen LogP contribution in [0.2, 0.25) is 0 Å². The van der Waals surface area contributed by atoms with E-state index in [0.29, 0.717) is 24.1 Å². The van der Waals surface area contributed by atoms with E-state index in [0.717, 1.165) is 12.8 Å². The van der Waals surface area contributed by atoms with Crippen LogP contribution >= 0.6 is 0 Å². The zero-order chi connectivity index (χ0) is 18.1. The Hall–Kier alpha value is -0.160. The minimum Gasteiger partial charge on any atom is -0.391 e. The summed E-state index contributed by atoms with van der Waals surface area (Å²) in [5, 5.41) is 28.5. The predicted molar refractivity (Wildman–Crippen MR) is 102 cm³/mol. The second-order valence-corrected chi connectivity index (χ2v) is 7.67. The molecule has 0 heterocycles. The Kier molecular flexibility index (Phi) is 16.2. The average molecular weight is 347 g/mol. The van der Waals surface area contributed by atoms with Crippen molar-refractivity contribution in [3.05, 3.63) is 0 Å². The van der Waals surface area contributed by atoms with E-state index in [2.05, 4.69) is 6.92 Å². The maximum absolute atomic E-state index is 10.2. The molecule has 24 heavy (non-hydrogen) atoms. The summed E-state index contributed by atoms with van der Waals surface area (Å²) >= 11 is 0. The van der Waals surface area contributed by atoms with Gasteiger partial charge in [0.05, 0.1) is 20.3 Å². The number of rotatable bonds is 18. The van der Waals surface area contributed by atoms with Crippen LogP contribution in [0.5, 0.6) is 0 Å². The molecule has 0 aromatic carbocycles. The van der Waals surface area contributed by atoms with E-state index >= 15 is 0 Å². The van der Waals surface area contributed by atoms with Crippen molar-refractivity contribution in [2.75, 3.05) is 39.9 Å². The van der Waals surface area contributed by atoms with E-state index < -0.39 is 0 Å². The molecule has 0 spiro atoms. The minimum absolute atomic E-state index is 0.0989. The molecule has 0 rings (SSSR count). The number of aliphatic hydroxyl groups is 3. The molecule has 3 N–H and O–H groups in total.